The van der Waals surface area contributed by atoms with E-state index in [1.165, 1.54) is 11.1 Å². The summed E-state index contributed by atoms with van der Waals surface area (Å²) in [5, 5.41) is 7.93. The second-order valence-electron chi connectivity index (χ2n) is 3.98. The first-order valence-electron chi connectivity index (χ1n) is 5.31. The molecular formula is C12H12BrN3. The number of nitrogens with zero attached hydrogens (tertiary/aromatic N) is 2. The molecule has 1 aromatic heterocycles. The van der Waals surface area contributed by atoms with Crippen LogP contribution in [0.15, 0.2) is 28.7 Å². The normalized spacial score (nSPS) is 13.6. The predicted molar refractivity (Wildman–Crippen MR) is 68.5 cm³/mol. The van der Waals surface area contributed by atoms with Gasteiger partial charge in [0.05, 0.1) is 5.69 Å². The van der Waals surface area contributed by atoms with E-state index in [4.69, 9.17) is 0 Å². The summed E-state index contributed by atoms with van der Waals surface area (Å²) >= 11 is 3.45. The van der Waals surface area contributed by atoms with Gasteiger partial charge in [-0.3, -0.25) is 4.68 Å². The number of halogens is 1. The molecule has 0 radical (unpaired) electrons. The first-order chi connectivity index (χ1) is 7.75. The van der Waals surface area contributed by atoms with Crippen LogP contribution >= 0.6 is 15.9 Å². The number of rotatable bonds is 1. The van der Waals surface area contributed by atoms with Gasteiger partial charge in [0.25, 0.3) is 0 Å². The standard InChI is InChI=1S/C12H12BrN3/c1-16-12-10(6-7-14-12)11(15-16)8-2-4-9(13)5-3-8/h2-5,14H,6-7H2,1H3. The largest absolute Gasteiger partial charge is 0.370 e. The number of hydrogen-bond acceptors (Lipinski definition) is 2. The molecule has 4 heteroatoms. The molecule has 2 heterocycles. The minimum absolute atomic E-state index is 1.02. The van der Waals surface area contributed by atoms with Crippen molar-refractivity contribution in [3.8, 4) is 11.3 Å². The molecule has 0 bridgehead atoms. The smallest absolute Gasteiger partial charge is 0.127 e. The number of fused-ring (bicyclic) bond motifs is 1. The zero-order chi connectivity index (χ0) is 11.1. The van der Waals surface area contributed by atoms with Crippen molar-refractivity contribution in [2.24, 2.45) is 7.05 Å². The van der Waals surface area contributed by atoms with Crippen LogP contribution in [0.4, 0.5) is 5.82 Å². The Balaban J connectivity index is 2.13. The molecule has 3 nitrogen and oxygen atoms in total. The van der Waals surface area contributed by atoms with Crippen LogP contribution in [0.2, 0.25) is 0 Å². The molecule has 0 spiro atoms. The molecule has 82 valence electrons. The van der Waals surface area contributed by atoms with Gasteiger partial charge in [0.15, 0.2) is 0 Å². The third kappa shape index (κ3) is 1.45. The minimum Gasteiger partial charge on any atom is -0.370 e. The maximum absolute atomic E-state index is 4.57. The van der Waals surface area contributed by atoms with E-state index in [1.807, 2.05) is 11.7 Å². The van der Waals surface area contributed by atoms with Gasteiger partial charge in [0.1, 0.15) is 5.82 Å². The fourth-order valence-corrected chi connectivity index (χ4v) is 2.44. The molecule has 2 aromatic rings. The minimum atomic E-state index is 1.02. The molecule has 3 rings (SSSR count). The summed E-state index contributed by atoms with van der Waals surface area (Å²) in [7, 11) is 1.99. The Bertz CT molecular complexity index is 528. The Hall–Kier alpha value is -1.29. The first kappa shape index (κ1) is 9.90. The van der Waals surface area contributed by atoms with Crippen LogP contribution in [0, 0.1) is 0 Å². The van der Waals surface area contributed by atoms with Crippen molar-refractivity contribution in [3.05, 3.63) is 34.3 Å². The Morgan fingerprint density at radius 1 is 1.31 bits per heavy atom. The predicted octanol–water partition coefficient (Wildman–Crippen LogP) is 2.82. The summed E-state index contributed by atoms with van der Waals surface area (Å²) in [6.07, 6.45) is 1.06. The van der Waals surface area contributed by atoms with Gasteiger partial charge >= 0.3 is 0 Å². The number of hydrogen-bond donors (Lipinski definition) is 1. The lowest BCUT2D eigenvalue weighted by atomic mass is 10.1. The second kappa shape index (κ2) is 3.63. The summed E-state index contributed by atoms with van der Waals surface area (Å²) in [6, 6.07) is 8.31. The Morgan fingerprint density at radius 2 is 2.06 bits per heavy atom. The van der Waals surface area contributed by atoms with Crippen LogP contribution in [0.5, 0.6) is 0 Å². The van der Waals surface area contributed by atoms with E-state index in [0.717, 1.165) is 29.0 Å². The molecule has 0 saturated heterocycles. The number of aromatic nitrogens is 2. The van der Waals surface area contributed by atoms with E-state index in [9.17, 15) is 0 Å². The molecule has 0 saturated carbocycles. The molecule has 1 N–H and O–H groups in total. The number of anilines is 1. The highest BCUT2D eigenvalue weighted by Gasteiger charge is 2.21. The zero-order valence-corrected chi connectivity index (χ0v) is 10.6. The fourth-order valence-electron chi connectivity index (χ4n) is 2.17. The lowest BCUT2D eigenvalue weighted by molar-refractivity contribution is 0.775. The maximum Gasteiger partial charge on any atom is 0.127 e. The van der Waals surface area contributed by atoms with Gasteiger partial charge in [-0.25, -0.2) is 0 Å². The molecule has 1 aliphatic heterocycles. The third-order valence-electron chi connectivity index (χ3n) is 2.93. The number of nitrogens with one attached hydrogen (secondary N) is 1. The fraction of sp³-hybridized carbons (Fsp3) is 0.250. The van der Waals surface area contributed by atoms with Crippen molar-refractivity contribution in [1.29, 1.82) is 0 Å². The molecule has 1 aliphatic rings. The summed E-state index contributed by atoms with van der Waals surface area (Å²) in [6.45, 7) is 1.02. The molecule has 0 unspecified atom stereocenters. The Morgan fingerprint density at radius 3 is 2.81 bits per heavy atom. The van der Waals surface area contributed by atoms with Crippen LogP contribution in [-0.2, 0) is 13.5 Å². The van der Waals surface area contributed by atoms with Crippen molar-refractivity contribution in [2.45, 2.75) is 6.42 Å². The van der Waals surface area contributed by atoms with E-state index in [-0.39, 0.29) is 0 Å². The van der Waals surface area contributed by atoms with Gasteiger partial charge in [0.2, 0.25) is 0 Å². The van der Waals surface area contributed by atoms with Crippen LogP contribution < -0.4 is 5.32 Å². The lowest BCUT2D eigenvalue weighted by Crippen LogP contribution is -2.01. The average Bonchev–Trinajstić information content (AvgIpc) is 2.84. The summed E-state index contributed by atoms with van der Waals surface area (Å²) in [4.78, 5) is 0. The van der Waals surface area contributed by atoms with Crippen molar-refractivity contribution in [1.82, 2.24) is 9.78 Å². The zero-order valence-electron chi connectivity index (χ0n) is 9.00. The van der Waals surface area contributed by atoms with Gasteiger partial charge in [-0.05, 0) is 18.6 Å². The van der Waals surface area contributed by atoms with Gasteiger partial charge in [0, 0.05) is 29.2 Å². The van der Waals surface area contributed by atoms with Crippen LogP contribution in [0.25, 0.3) is 11.3 Å². The molecule has 16 heavy (non-hydrogen) atoms. The Labute approximate surface area is 103 Å². The summed E-state index contributed by atoms with van der Waals surface area (Å²) in [5.41, 5.74) is 3.63. The van der Waals surface area contributed by atoms with E-state index in [0.29, 0.717) is 0 Å². The molecule has 0 amide bonds. The van der Waals surface area contributed by atoms with E-state index in [1.54, 1.807) is 0 Å². The van der Waals surface area contributed by atoms with Crippen LogP contribution in [-0.4, -0.2) is 16.3 Å². The highest BCUT2D eigenvalue weighted by atomic mass is 79.9. The van der Waals surface area contributed by atoms with Crippen molar-refractivity contribution >= 4 is 21.7 Å². The van der Waals surface area contributed by atoms with E-state index >= 15 is 0 Å². The molecule has 0 aliphatic carbocycles. The summed E-state index contributed by atoms with van der Waals surface area (Å²) < 4.78 is 3.03. The average molecular weight is 278 g/mol. The number of aryl methyl sites for hydroxylation is 1. The van der Waals surface area contributed by atoms with Crippen molar-refractivity contribution < 1.29 is 0 Å². The van der Waals surface area contributed by atoms with Gasteiger partial charge < -0.3 is 5.32 Å². The molecular weight excluding hydrogens is 266 g/mol. The molecule has 0 atom stereocenters. The van der Waals surface area contributed by atoms with E-state index in [2.05, 4.69) is 50.6 Å². The van der Waals surface area contributed by atoms with Crippen LogP contribution in [0.1, 0.15) is 5.56 Å². The topological polar surface area (TPSA) is 29.9 Å². The SMILES string of the molecule is Cn1nc(-c2ccc(Br)cc2)c2c1NCC2. The van der Waals surface area contributed by atoms with Gasteiger partial charge in [-0.15, -0.1) is 0 Å². The molecule has 1 aromatic carbocycles. The highest BCUT2D eigenvalue weighted by molar-refractivity contribution is 9.10. The van der Waals surface area contributed by atoms with E-state index < -0.39 is 0 Å². The van der Waals surface area contributed by atoms with Crippen LogP contribution in [0.3, 0.4) is 0 Å². The maximum atomic E-state index is 4.57. The van der Waals surface area contributed by atoms with Crippen molar-refractivity contribution in [3.63, 3.8) is 0 Å². The third-order valence-corrected chi connectivity index (χ3v) is 3.46. The van der Waals surface area contributed by atoms with Crippen molar-refractivity contribution in [2.75, 3.05) is 11.9 Å². The monoisotopic (exact) mass is 277 g/mol. The van der Waals surface area contributed by atoms with Gasteiger partial charge in [-0.2, -0.15) is 5.10 Å². The Kier molecular flexibility index (Phi) is 2.24. The quantitative estimate of drug-likeness (QED) is 0.869. The summed E-state index contributed by atoms with van der Waals surface area (Å²) in [5.74, 6) is 1.16. The highest BCUT2D eigenvalue weighted by Crippen LogP contribution is 2.32. The first-order valence-corrected chi connectivity index (χ1v) is 6.10. The second-order valence-corrected chi connectivity index (χ2v) is 4.90. The molecule has 0 fully saturated rings. The lowest BCUT2D eigenvalue weighted by Gasteiger charge is -1.99. The number of benzene rings is 1. The van der Waals surface area contributed by atoms with Gasteiger partial charge in [-0.1, -0.05) is 28.1 Å².